The molecule has 4 N–H and O–H groups in total. The van der Waals surface area contributed by atoms with Crippen molar-refractivity contribution in [3.8, 4) is 0 Å². The highest BCUT2D eigenvalue weighted by molar-refractivity contribution is 6.00. The zero-order valence-corrected chi connectivity index (χ0v) is 9.60. The summed E-state index contributed by atoms with van der Waals surface area (Å²) in [6.45, 7) is 1.87. The van der Waals surface area contributed by atoms with Crippen LogP contribution in [-0.4, -0.2) is 43.3 Å². The van der Waals surface area contributed by atoms with Gasteiger partial charge in [0, 0.05) is 17.8 Å². The maximum atomic E-state index is 9.35. The van der Waals surface area contributed by atoms with Gasteiger partial charge in [-0.25, -0.2) is 0 Å². The smallest absolute Gasteiger partial charge is 0.124 e. The number of benzene rings is 1. The molecule has 1 saturated heterocycles. The largest absolute Gasteiger partial charge is 0.394 e. The van der Waals surface area contributed by atoms with Gasteiger partial charge in [-0.15, -0.1) is 0 Å². The third-order valence-electron chi connectivity index (χ3n) is 2.94. The van der Waals surface area contributed by atoms with Crippen LogP contribution in [0.5, 0.6) is 0 Å². The molecule has 0 radical (unpaired) electrons. The third-order valence-corrected chi connectivity index (χ3v) is 2.94. The minimum absolute atomic E-state index is 0.0340. The lowest BCUT2D eigenvalue weighted by atomic mass is 10.1. The molecule has 0 amide bonds. The van der Waals surface area contributed by atoms with Crippen molar-refractivity contribution >= 4 is 11.5 Å². The zero-order chi connectivity index (χ0) is 12.3. The number of morpholine rings is 1. The molecule has 5 nitrogen and oxygen atoms in total. The van der Waals surface area contributed by atoms with Crippen molar-refractivity contribution in [1.82, 2.24) is 0 Å². The van der Waals surface area contributed by atoms with Crippen molar-refractivity contribution < 1.29 is 9.84 Å². The molecule has 0 spiro atoms. The van der Waals surface area contributed by atoms with Crippen LogP contribution in [0.1, 0.15) is 5.56 Å². The van der Waals surface area contributed by atoms with Gasteiger partial charge in [-0.05, 0) is 12.1 Å². The molecule has 1 aromatic carbocycles. The number of ether oxygens (including phenoxy) is 1. The van der Waals surface area contributed by atoms with Crippen LogP contribution in [0.3, 0.4) is 0 Å². The van der Waals surface area contributed by atoms with Crippen molar-refractivity contribution in [1.29, 1.82) is 5.41 Å². The van der Waals surface area contributed by atoms with E-state index in [9.17, 15) is 5.11 Å². The Kier molecular flexibility index (Phi) is 3.61. The maximum Gasteiger partial charge on any atom is 0.124 e. The van der Waals surface area contributed by atoms with E-state index in [1.807, 2.05) is 24.3 Å². The predicted molar refractivity (Wildman–Crippen MR) is 66.5 cm³/mol. The Morgan fingerprint density at radius 1 is 1.53 bits per heavy atom. The van der Waals surface area contributed by atoms with Crippen LogP contribution in [-0.2, 0) is 4.74 Å². The molecular formula is C12H17N3O2. The quantitative estimate of drug-likeness (QED) is 0.515. The second-order valence-electron chi connectivity index (χ2n) is 4.04. The summed E-state index contributed by atoms with van der Waals surface area (Å²) in [6, 6.07) is 7.44. The van der Waals surface area contributed by atoms with Crippen LogP contribution in [0, 0.1) is 5.41 Å². The average Bonchev–Trinajstić information content (AvgIpc) is 2.38. The third kappa shape index (κ3) is 2.40. The molecule has 1 fully saturated rings. The monoisotopic (exact) mass is 235 g/mol. The summed E-state index contributed by atoms with van der Waals surface area (Å²) in [5, 5.41) is 16.9. The van der Waals surface area contributed by atoms with Crippen LogP contribution in [0.2, 0.25) is 0 Å². The van der Waals surface area contributed by atoms with Crippen molar-refractivity contribution in [2.45, 2.75) is 6.04 Å². The molecule has 0 aromatic heterocycles. The summed E-state index contributed by atoms with van der Waals surface area (Å²) in [5.41, 5.74) is 7.16. The first-order valence-electron chi connectivity index (χ1n) is 5.62. The Labute approximate surface area is 100 Å². The second-order valence-corrected chi connectivity index (χ2v) is 4.04. The Morgan fingerprint density at radius 3 is 3.00 bits per heavy atom. The molecule has 1 heterocycles. The molecule has 0 bridgehead atoms. The molecule has 1 aliphatic rings. The zero-order valence-electron chi connectivity index (χ0n) is 9.60. The predicted octanol–water partition coefficient (Wildman–Crippen LogP) is 0.168. The fourth-order valence-corrected chi connectivity index (χ4v) is 2.08. The molecule has 17 heavy (non-hydrogen) atoms. The lowest BCUT2D eigenvalue weighted by molar-refractivity contribution is 0.0727. The van der Waals surface area contributed by atoms with Crippen LogP contribution in [0.15, 0.2) is 24.3 Å². The number of nitrogen functional groups attached to an aromatic ring is 1. The maximum absolute atomic E-state index is 9.35. The van der Waals surface area contributed by atoms with E-state index in [2.05, 4.69) is 4.90 Å². The molecular weight excluding hydrogens is 218 g/mol. The number of para-hydroxylation sites is 1. The van der Waals surface area contributed by atoms with Gasteiger partial charge in [-0.3, -0.25) is 5.41 Å². The molecule has 5 heteroatoms. The summed E-state index contributed by atoms with van der Waals surface area (Å²) in [4.78, 5) is 2.06. The Morgan fingerprint density at radius 2 is 2.29 bits per heavy atom. The molecule has 92 valence electrons. The minimum Gasteiger partial charge on any atom is -0.394 e. The van der Waals surface area contributed by atoms with Crippen molar-refractivity contribution in [3.05, 3.63) is 29.8 Å². The number of anilines is 1. The summed E-state index contributed by atoms with van der Waals surface area (Å²) in [7, 11) is 0. The van der Waals surface area contributed by atoms with Gasteiger partial charge in [0.2, 0.25) is 0 Å². The molecule has 1 aromatic rings. The molecule has 0 aliphatic carbocycles. The van der Waals surface area contributed by atoms with Gasteiger partial charge in [-0.2, -0.15) is 0 Å². The number of aliphatic hydroxyl groups is 1. The lowest BCUT2D eigenvalue weighted by Gasteiger charge is -2.37. The molecule has 0 saturated carbocycles. The summed E-state index contributed by atoms with van der Waals surface area (Å²) >= 11 is 0. The average molecular weight is 235 g/mol. The van der Waals surface area contributed by atoms with Gasteiger partial charge < -0.3 is 20.5 Å². The first-order valence-corrected chi connectivity index (χ1v) is 5.62. The van der Waals surface area contributed by atoms with Gasteiger partial charge in [0.15, 0.2) is 0 Å². The first-order chi connectivity index (χ1) is 8.24. The highest BCUT2D eigenvalue weighted by Crippen LogP contribution is 2.23. The van der Waals surface area contributed by atoms with E-state index in [1.165, 1.54) is 0 Å². The van der Waals surface area contributed by atoms with E-state index >= 15 is 0 Å². The number of nitrogens with one attached hydrogen (secondary N) is 1. The normalized spacial score (nSPS) is 20.3. The fourth-order valence-electron chi connectivity index (χ4n) is 2.08. The van der Waals surface area contributed by atoms with E-state index < -0.39 is 0 Å². The van der Waals surface area contributed by atoms with Gasteiger partial charge in [0.05, 0.1) is 25.9 Å². The SMILES string of the molecule is N=C(N)c1ccccc1N1CCOCC1CO. The number of rotatable bonds is 3. The van der Waals surface area contributed by atoms with Gasteiger partial charge in [0.25, 0.3) is 0 Å². The number of aliphatic hydroxyl groups excluding tert-OH is 1. The number of nitrogens with zero attached hydrogens (tertiary/aromatic N) is 1. The second kappa shape index (κ2) is 5.16. The van der Waals surface area contributed by atoms with Crippen LogP contribution in [0.25, 0.3) is 0 Å². The Bertz CT molecular complexity index is 408. The number of hydrogen-bond acceptors (Lipinski definition) is 4. The van der Waals surface area contributed by atoms with Gasteiger partial charge in [-0.1, -0.05) is 12.1 Å². The molecule has 2 rings (SSSR count). The summed E-state index contributed by atoms with van der Waals surface area (Å²) in [5.74, 6) is 0.0452. The van der Waals surface area contributed by atoms with E-state index in [1.54, 1.807) is 0 Å². The van der Waals surface area contributed by atoms with E-state index in [4.69, 9.17) is 15.9 Å². The minimum atomic E-state index is -0.0655. The van der Waals surface area contributed by atoms with E-state index in [-0.39, 0.29) is 18.5 Å². The van der Waals surface area contributed by atoms with Gasteiger partial charge in [0.1, 0.15) is 5.84 Å². The highest BCUT2D eigenvalue weighted by Gasteiger charge is 2.24. The summed E-state index contributed by atoms with van der Waals surface area (Å²) < 4.78 is 5.34. The topological polar surface area (TPSA) is 82.6 Å². The first kappa shape index (κ1) is 11.9. The van der Waals surface area contributed by atoms with E-state index in [0.717, 1.165) is 5.69 Å². The highest BCUT2D eigenvalue weighted by atomic mass is 16.5. The van der Waals surface area contributed by atoms with Crippen LogP contribution < -0.4 is 10.6 Å². The van der Waals surface area contributed by atoms with Crippen LogP contribution >= 0.6 is 0 Å². The number of hydrogen-bond donors (Lipinski definition) is 3. The Balaban J connectivity index is 2.34. The summed E-state index contributed by atoms with van der Waals surface area (Å²) in [6.07, 6.45) is 0. The molecule has 1 aliphatic heterocycles. The molecule has 1 atom stereocenters. The standard InChI is InChI=1S/C12H17N3O2/c13-12(14)10-3-1-2-4-11(10)15-5-6-17-8-9(15)7-16/h1-4,9,16H,5-8H2,(H3,13,14). The van der Waals surface area contributed by atoms with Crippen molar-refractivity contribution in [3.63, 3.8) is 0 Å². The Hall–Kier alpha value is -1.59. The van der Waals surface area contributed by atoms with Crippen molar-refractivity contribution in [2.75, 3.05) is 31.3 Å². The number of nitrogens with two attached hydrogens (primary N) is 1. The van der Waals surface area contributed by atoms with E-state index in [0.29, 0.717) is 25.3 Å². The molecule has 1 unspecified atom stereocenters. The number of amidine groups is 1. The van der Waals surface area contributed by atoms with Crippen molar-refractivity contribution in [2.24, 2.45) is 5.73 Å². The van der Waals surface area contributed by atoms with Crippen LogP contribution in [0.4, 0.5) is 5.69 Å². The lowest BCUT2D eigenvalue weighted by Crippen LogP contribution is -2.48. The fraction of sp³-hybridized carbons (Fsp3) is 0.417. The van der Waals surface area contributed by atoms with Gasteiger partial charge >= 0.3 is 0 Å².